The third kappa shape index (κ3) is 3.41. The van der Waals surface area contributed by atoms with E-state index >= 15 is 0 Å². The Hall–Kier alpha value is -0.230. The first kappa shape index (κ1) is 15.8. The molecule has 1 N–H and O–H groups in total. The van der Waals surface area contributed by atoms with E-state index in [1.165, 1.54) is 0 Å². The van der Waals surface area contributed by atoms with E-state index in [1.54, 1.807) is 23.1 Å². The third-order valence-electron chi connectivity index (χ3n) is 3.23. The van der Waals surface area contributed by atoms with E-state index in [4.69, 9.17) is 0 Å². The molecule has 102 valence electrons. The molecule has 1 aromatic rings. The Morgan fingerprint density at radius 1 is 1.50 bits per heavy atom. The Labute approximate surface area is 123 Å². The van der Waals surface area contributed by atoms with Gasteiger partial charge in [-0.05, 0) is 37.6 Å². The maximum Gasteiger partial charge on any atom is 0.265 e. The molecule has 0 aliphatic carbocycles. The van der Waals surface area contributed by atoms with Gasteiger partial charge in [0.1, 0.15) is 4.88 Å². The zero-order chi connectivity index (χ0) is 12.3. The minimum Gasteiger partial charge on any atom is -0.338 e. The lowest BCUT2D eigenvalue weighted by atomic mass is 10.1. The van der Waals surface area contributed by atoms with Gasteiger partial charge >= 0.3 is 0 Å². The average Bonchev–Trinajstić information content (AvgIpc) is 2.86. The van der Waals surface area contributed by atoms with Crippen LogP contribution in [0.5, 0.6) is 0 Å². The first-order chi connectivity index (χ1) is 8.26. The van der Waals surface area contributed by atoms with Crippen molar-refractivity contribution in [2.24, 2.45) is 0 Å². The SMILES string of the molecule is CNC1CCN(C(=O)c2sccc2SC)CC1.Cl. The summed E-state index contributed by atoms with van der Waals surface area (Å²) >= 11 is 3.20. The van der Waals surface area contributed by atoms with Crippen molar-refractivity contribution in [2.75, 3.05) is 26.4 Å². The first-order valence-corrected chi connectivity index (χ1v) is 7.94. The Morgan fingerprint density at radius 3 is 2.72 bits per heavy atom. The number of thiophene rings is 1. The largest absolute Gasteiger partial charge is 0.338 e. The maximum atomic E-state index is 12.3. The van der Waals surface area contributed by atoms with Crippen LogP contribution in [0.15, 0.2) is 16.3 Å². The molecule has 3 nitrogen and oxygen atoms in total. The summed E-state index contributed by atoms with van der Waals surface area (Å²) in [5.41, 5.74) is 0. The predicted molar refractivity (Wildman–Crippen MR) is 81.3 cm³/mol. The molecule has 1 aliphatic rings. The number of hydrogen-bond donors (Lipinski definition) is 1. The lowest BCUT2D eigenvalue weighted by Gasteiger charge is -2.31. The number of hydrogen-bond acceptors (Lipinski definition) is 4. The number of amides is 1. The molecular weight excluding hydrogens is 288 g/mol. The molecule has 0 spiro atoms. The van der Waals surface area contributed by atoms with Gasteiger partial charge in [0.25, 0.3) is 5.91 Å². The van der Waals surface area contributed by atoms with Crippen molar-refractivity contribution in [3.63, 3.8) is 0 Å². The van der Waals surface area contributed by atoms with E-state index in [1.807, 2.05) is 29.6 Å². The van der Waals surface area contributed by atoms with Crippen molar-refractivity contribution in [3.05, 3.63) is 16.3 Å². The van der Waals surface area contributed by atoms with Crippen LogP contribution < -0.4 is 5.32 Å². The zero-order valence-electron chi connectivity index (χ0n) is 10.6. The zero-order valence-corrected chi connectivity index (χ0v) is 13.1. The number of rotatable bonds is 3. The predicted octanol–water partition coefficient (Wildman–Crippen LogP) is 2.72. The average molecular weight is 307 g/mol. The van der Waals surface area contributed by atoms with E-state index in [0.717, 1.165) is 35.7 Å². The molecule has 18 heavy (non-hydrogen) atoms. The van der Waals surface area contributed by atoms with Gasteiger partial charge in [-0.1, -0.05) is 0 Å². The number of carbonyl (C=O) groups is 1. The molecule has 0 unspecified atom stereocenters. The van der Waals surface area contributed by atoms with Crippen molar-refractivity contribution < 1.29 is 4.79 Å². The number of nitrogens with one attached hydrogen (secondary N) is 1. The lowest BCUT2D eigenvalue weighted by Crippen LogP contribution is -2.43. The molecule has 1 aromatic heterocycles. The Kier molecular flexibility index (Phi) is 6.49. The highest BCUT2D eigenvalue weighted by Gasteiger charge is 2.24. The van der Waals surface area contributed by atoms with Crippen molar-refractivity contribution in [2.45, 2.75) is 23.8 Å². The van der Waals surface area contributed by atoms with E-state index < -0.39 is 0 Å². The summed E-state index contributed by atoms with van der Waals surface area (Å²) < 4.78 is 0. The summed E-state index contributed by atoms with van der Waals surface area (Å²) in [4.78, 5) is 16.3. The van der Waals surface area contributed by atoms with Crippen LogP contribution in [0.3, 0.4) is 0 Å². The van der Waals surface area contributed by atoms with Crippen molar-refractivity contribution in [1.29, 1.82) is 0 Å². The van der Waals surface area contributed by atoms with Gasteiger partial charge in [0.05, 0.1) is 0 Å². The van der Waals surface area contributed by atoms with E-state index in [-0.39, 0.29) is 18.3 Å². The topological polar surface area (TPSA) is 32.3 Å². The highest BCUT2D eigenvalue weighted by atomic mass is 35.5. The summed E-state index contributed by atoms with van der Waals surface area (Å²) in [5.74, 6) is 0.207. The van der Waals surface area contributed by atoms with E-state index in [0.29, 0.717) is 6.04 Å². The molecule has 1 fully saturated rings. The van der Waals surface area contributed by atoms with Crippen LogP contribution in [0.25, 0.3) is 0 Å². The second-order valence-corrected chi connectivity index (χ2v) is 5.94. The molecule has 0 radical (unpaired) electrons. The summed E-state index contributed by atoms with van der Waals surface area (Å²) in [6, 6.07) is 2.60. The van der Waals surface area contributed by atoms with Gasteiger partial charge in [-0.25, -0.2) is 0 Å². The van der Waals surface area contributed by atoms with Crippen LogP contribution in [0, 0.1) is 0 Å². The van der Waals surface area contributed by atoms with Gasteiger partial charge in [-0.3, -0.25) is 4.79 Å². The highest BCUT2D eigenvalue weighted by molar-refractivity contribution is 7.98. The standard InChI is InChI=1S/C12H18N2OS2.ClH/c1-13-9-3-6-14(7-4-9)12(15)11-10(16-2)5-8-17-11;/h5,8-9,13H,3-4,6-7H2,1-2H3;1H. The van der Waals surface area contributed by atoms with Gasteiger partial charge in [0, 0.05) is 24.0 Å². The Bertz CT molecular complexity index is 389. The lowest BCUT2D eigenvalue weighted by molar-refractivity contribution is 0.0709. The fourth-order valence-electron chi connectivity index (χ4n) is 2.13. The van der Waals surface area contributed by atoms with Crippen LogP contribution in [-0.4, -0.2) is 43.2 Å². The normalized spacial score (nSPS) is 16.4. The minimum absolute atomic E-state index is 0. The monoisotopic (exact) mass is 306 g/mol. The molecule has 2 heterocycles. The van der Waals surface area contributed by atoms with Crippen molar-refractivity contribution >= 4 is 41.4 Å². The molecule has 1 amide bonds. The van der Waals surface area contributed by atoms with Crippen molar-refractivity contribution in [1.82, 2.24) is 10.2 Å². The molecule has 2 rings (SSSR count). The van der Waals surface area contributed by atoms with Gasteiger partial charge in [0.2, 0.25) is 0 Å². The molecule has 0 bridgehead atoms. The second-order valence-electron chi connectivity index (χ2n) is 4.17. The fourth-order valence-corrected chi connectivity index (χ4v) is 3.84. The molecule has 1 saturated heterocycles. The molecule has 0 aromatic carbocycles. The Balaban J connectivity index is 0.00000162. The van der Waals surface area contributed by atoms with Crippen LogP contribution in [0.1, 0.15) is 22.5 Å². The summed E-state index contributed by atoms with van der Waals surface area (Å²) in [6.45, 7) is 1.74. The first-order valence-electron chi connectivity index (χ1n) is 5.84. The summed E-state index contributed by atoms with van der Waals surface area (Å²) in [7, 11) is 1.99. The van der Waals surface area contributed by atoms with Crippen LogP contribution in [0.4, 0.5) is 0 Å². The van der Waals surface area contributed by atoms with E-state index in [2.05, 4.69) is 5.32 Å². The minimum atomic E-state index is 0. The number of likely N-dealkylation sites (tertiary alicyclic amines) is 1. The number of carbonyl (C=O) groups excluding carboxylic acids is 1. The summed E-state index contributed by atoms with van der Waals surface area (Å²) in [5, 5.41) is 5.28. The molecule has 0 atom stereocenters. The van der Waals surface area contributed by atoms with Gasteiger partial charge in [-0.2, -0.15) is 0 Å². The number of piperidine rings is 1. The quantitative estimate of drug-likeness (QED) is 0.872. The van der Waals surface area contributed by atoms with Crippen LogP contribution >= 0.6 is 35.5 Å². The molecule has 1 aliphatic heterocycles. The van der Waals surface area contributed by atoms with Gasteiger partial charge in [0.15, 0.2) is 0 Å². The maximum absolute atomic E-state index is 12.3. The fraction of sp³-hybridized carbons (Fsp3) is 0.583. The second kappa shape index (κ2) is 7.38. The number of thioether (sulfide) groups is 1. The van der Waals surface area contributed by atoms with Gasteiger partial charge < -0.3 is 10.2 Å². The molecule has 6 heteroatoms. The van der Waals surface area contributed by atoms with Crippen molar-refractivity contribution in [3.8, 4) is 0 Å². The summed E-state index contributed by atoms with van der Waals surface area (Å²) in [6.07, 6.45) is 4.14. The highest BCUT2D eigenvalue weighted by Crippen LogP contribution is 2.27. The molecule has 0 saturated carbocycles. The van der Waals surface area contributed by atoms with Gasteiger partial charge in [-0.15, -0.1) is 35.5 Å². The van der Waals surface area contributed by atoms with E-state index in [9.17, 15) is 4.79 Å². The smallest absolute Gasteiger partial charge is 0.265 e. The number of nitrogens with zero attached hydrogens (tertiary/aromatic N) is 1. The Morgan fingerprint density at radius 2 is 2.17 bits per heavy atom. The van der Waals surface area contributed by atoms with Crippen LogP contribution in [0.2, 0.25) is 0 Å². The molecular formula is C12H19ClN2OS2. The third-order valence-corrected chi connectivity index (χ3v) is 5.05. The van der Waals surface area contributed by atoms with Crippen LogP contribution in [-0.2, 0) is 0 Å². The number of halogens is 1.